The van der Waals surface area contributed by atoms with Crippen molar-refractivity contribution in [1.29, 1.82) is 0 Å². The molecule has 1 aromatic rings. The van der Waals surface area contributed by atoms with Crippen LogP contribution >= 0.6 is 0 Å². The summed E-state index contributed by atoms with van der Waals surface area (Å²) in [5.41, 5.74) is 0.897. The summed E-state index contributed by atoms with van der Waals surface area (Å²) in [5.74, 6) is -1.27. The number of amides is 1. The van der Waals surface area contributed by atoms with Crippen molar-refractivity contribution in [2.75, 3.05) is 0 Å². The van der Waals surface area contributed by atoms with Crippen LogP contribution in [0.4, 0.5) is 8.78 Å². The summed E-state index contributed by atoms with van der Waals surface area (Å²) in [6.07, 6.45) is 9.45. The second kappa shape index (κ2) is 9.02. The third-order valence-corrected chi connectivity index (χ3v) is 6.95. The van der Waals surface area contributed by atoms with Crippen molar-refractivity contribution in [3.63, 3.8) is 0 Å². The molecule has 2 aliphatic carbocycles. The predicted molar refractivity (Wildman–Crippen MR) is 119 cm³/mol. The molecule has 1 heterocycles. The Hall–Kier alpha value is -2.73. The standard InChI is InChI=1S/C26H29F2NO3/c1-15-13-18(27)5-9-21(15)24(31)12-10-22-25(17-3-7-20(30)8-4-17)29(26(22)32)23-11-6-19(28)14-16(23)2/h3-9,11,13-16,21-25,30-31H,10,12H2,1-2H3/t15?,16?,21?,22-,23?,24+,25-/m1/s1. The minimum atomic E-state index is -0.682. The molecule has 0 aromatic heterocycles. The Labute approximate surface area is 187 Å². The van der Waals surface area contributed by atoms with Gasteiger partial charge in [0.2, 0.25) is 5.91 Å². The molecular weight excluding hydrogens is 412 g/mol. The fraction of sp³-hybridized carbons (Fsp3) is 0.423. The van der Waals surface area contributed by atoms with Gasteiger partial charge in [0.25, 0.3) is 0 Å². The molecule has 4 unspecified atom stereocenters. The van der Waals surface area contributed by atoms with E-state index in [1.807, 2.05) is 13.8 Å². The quantitative estimate of drug-likeness (QED) is 0.601. The zero-order valence-corrected chi connectivity index (χ0v) is 18.2. The normalized spacial score (nSPS) is 32.9. The molecule has 1 aliphatic heterocycles. The Bertz CT molecular complexity index is 981. The molecule has 2 N–H and O–H groups in total. The number of halogens is 2. The van der Waals surface area contributed by atoms with Gasteiger partial charge in [0.05, 0.1) is 24.1 Å². The third-order valence-electron chi connectivity index (χ3n) is 6.95. The number of hydrogen-bond donors (Lipinski definition) is 2. The minimum Gasteiger partial charge on any atom is -0.508 e. The number of aromatic hydroxyl groups is 1. The predicted octanol–water partition coefficient (Wildman–Crippen LogP) is 5.14. The lowest BCUT2D eigenvalue weighted by Gasteiger charge is -2.52. The van der Waals surface area contributed by atoms with Crippen LogP contribution in [-0.2, 0) is 4.79 Å². The minimum absolute atomic E-state index is 0.0225. The molecule has 0 bridgehead atoms. The molecule has 0 spiro atoms. The molecule has 32 heavy (non-hydrogen) atoms. The number of benzene rings is 1. The SMILES string of the molecule is CC1C=C(F)C=CC1[C@@H](O)CC[C@H]1C(=O)N(C2C=CC(F)=CC2C)[C@@H]1c1ccc(O)cc1. The first-order valence-electron chi connectivity index (χ1n) is 11.2. The molecule has 4 nitrogen and oxygen atoms in total. The number of carbonyl (C=O) groups excluding carboxylic acids is 1. The topological polar surface area (TPSA) is 60.8 Å². The highest BCUT2D eigenvalue weighted by atomic mass is 19.1. The van der Waals surface area contributed by atoms with E-state index in [1.54, 1.807) is 41.3 Å². The van der Waals surface area contributed by atoms with Gasteiger partial charge in [0, 0.05) is 11.8 Å². The van der Waals surface area contributed by atoms with Crippen molar-refractivity contribution in [1.82, 2.24) is 4.90 Å². The Morgan fingerprint density at radius 3 is 2.25 bits per heavy atom. The highest BCUT2D eigenvalue weighted by Gasteiger charge is 2.51. The number of aliphatic hydroxyl groups excluding tert-OH is 1. The van der Waals surface area contributed by atoms with Crippen LogP contribution in [0.1, 0.15) is 38.3 Å². The van der Waals surface area contributed by atoms with E-state index in [4.69, 9.17) is 0 Å². The molecule has 7 atom stereocenters. The molecule has 4 rings (SSSR count). The largest absolute Gasteiger partial charge is 0.508 e. The average molecular weight is 442 g/mol. The summed E-state index contributed by atoms with van der Waals surface area (Å²) >= 11 is 0. The van der Waals surface area contributed by atoms with Gasteiger partial charge >= 0.3 is 0 Å². The molecular formula is C26H29F2NO3. The zero-order valence-electron chi connectivity index (χ0n) is 18.2. The maximum Gasteiger partial charge on any atom is 0.229 e. The van der Waals surface area contributed by atoms with E-state index in [0.717, 1.165) is 5.56 Å². The molecule has 6 heteroatoms. The molecule has 1 saturated heterocycles. The lowest BCUT2D eigenvalue weighted by molar-refractivity contribution is -0.162. The summed E-state index contributed by atoms with van der Waals surface area (Å²) < 4.78 is 27.1. The molecule has 1 fully saturated rings. The monoisotopic (exact) mass is 441 g/mol. The van der Waals surface area contributed by atoms with Crippen LogP contribution in [0.5, 0.6) is 5.75 Å². The molecule has 170 valence electrons. The fourth-order valence-electron chi connectivity index (χ4n) is 5.19. The zero-order chi connectivity index (χ0) is 23.0. The van der Waals surface area contributed by atoms with Gasteiger partial charge in [-0.25, -0.2) is 8.78 Å². The number of aliphatic hydroxyl groups is 1. The summed E-state index contributed by atoms with van der Waals surface area (Å²) in [4.78, 5) is 15.0. The maximum atomic E-state index is 13.7. The maximum absolute atomic E-state index is 13.7. The van der Waals surface area contributed by atoms with Crippen LogP contribution in [0.3, 0.4) is 0 Å². The first-order chi connectivity index (χ1) is 15.3. The molecule has 1 aromatic carbocycles. The number of likely N-dealkylation sites (tertiary alicyclic amines) is 1. The van der Waals surface area contributed by atoms with Gasteiger partial charge < -0.3 is 15.1 Å². The van der Waals surface area contributed by atoms with E-state index in [2.05, 4.69) is 0 Å². The summed E-state index contributed by atoms with van der Waals surface area (Å²) in [6, 6.07) is 6.32. The Morgan fingerprint density at radius 1 is 1.00 bits per heavy atom. The number of phenolic OH excluding ortho intramolecular Hbond substituents is 1. The van der Waals surface area contributed by atoms with Crippen molar-refractivity contribution in [3.8, 4) is 5.75 Å². The van der Waals surface area contributed by atoms with Gasteiger partial charge in [-0.3, -0.25) is 4.79 Å². The van der Waals surface area contributed by atoms with E-state index in [-0.39, 0.29) is 59.1 Å². The third kappa shape index (κ3) is 4.29. The van der Waals surface area contributed by atoms with Gasteiger partial charge in [0.1, 0.15) is 17.4 Å². The van der Waals surface area contributed by atoms with Gasteiger partial charge in [-0.2, -0.15) is 0 Å². The van der Waals surface area contributed by atoms with Crippen molar-refractivity contribution < 1.29 is 23.8 Å². The summed E-state index contributed by atoms with van der Waals surface area (Å²) in [7, 11) is 0. The van der Waals surface area contributed by atoms with Gasteiger partial charge in [0.15, 0.2) is 0 Å². The van der Waals surface area contributed by atoms with Crippen LogP contribution in [0.2, 0.25) is 0 Å². The number of β-lactam (4-membered cyclic amide) rings is 1. The molecule has 3 aliphatic rings. The Kier molecular flexibility index (Phi) is 6.33. The number of allylic oxidation sites excluding steroid dienone is 5. The number of phenols is 1. The van der Waals surface area contributed by atoms with Gasteiger partial charge in [-0.15, -0.1) is 0 Å². The number of nitrogens with zero attached hydrogens (tertiary/aromatic N) is 1. The molecule has 0 saturated carbocycles. The summed E-state index contributed by atoms with van der Waals surface area (Å²) in [5, 5.41) is 20.4. The first kappa shape index (κ1) is 22.5. The van der Waals surface area contributed by atoms with Crippen molar-refractivity contribution >= 4 is 5.91 Å². The van der Waals surface area contributed by atoms with E-state index < -0.39 is 6.10 Å². The van der Waals surface area contributed by atoms with E-state index >= 15 is 0 Å². The molecule has 0 radical (unpaired) electrons. The lowest BCUT2D eigenvalue weighted by atomic mass is 9.74. The van der Waals surface area contributed by atoms with E-state index in [1.165, 1.54) is 24.3 Å². The highest BCUT2D eigenvalue weighted by molar-refractivity contribution is 5.87. The highest BCUT2D eigenvalue weighted by Crippen LogP contribution is 2.47. The number of carbonyl (C=O) groups is 1. The number of hydrogen-bond acceptors (Lipinski definition) is 3. The van der Waals surface area contributed by atoms with Crippen LogP contribution in [0, 0.1) is 23.7 Å². The smallest absolute Gasteiger partial charge is 0.229 e. The Balaban J connectivity index is 1.51. The van der Waals surface area contributed by atoms with E-state index in [9.17, 15) is 23.8 Å². The second-order valence-electron chi connectivity index (χ2n) is 9.14. The average Bonchev–Trinajstić information content (AvgIpc) is 2.74. The van der Waals surface area contributed by atoms with Crippen LogP contribution in [0.15, 0.2) is 72.4 Å². The first-order valence-corrected chi connectivity index (χ1v) is 11.2. The fourth-order valence-corrected chi connectivity index (χ4v) is 5.19. The van der Waals surface area contributed by atoms with Crippen LogP contribution in [-0.4, -0.2) is 33.2 Å². The van der Waals surface area contributed by atoms with Crippen molar-refractivity contribution in [2.24, 2.45) is 23.7 Å². The van der Waals surface area contributed by atoms with Gasteiger partial charge in [-0.1, -0.05) is 38.1 Å². The van der Waals surface area contributed by atoms with Crippen LogP contribution in [0.25, 0.3) is 0 Å². The van der Waals surface area contributed by atoms with Crippen LogP contribution < -0.4 is 0 Å². The lowest BCUT2D eigenvalue weighted by Crippen LogP contribution is -2.60. The van der Waals surface area contributed by atoms with Crippen molar-refractivity contribution in [2.45, 2.75) is 44.9 Å². The second-order valence-corrected chi connectivity index (χ2v) is 9.14. The number of rotatable bonds is 6. The van der Waals surface area contributed by atoms with Gasteiger partial charge in [-0.05, 0) is 60.8 Å². The van der Waals surface area contributed by atoms with E-state index in [0.29, 0.717) is 12.8 Å². The summed E-state index contributed by atoms with van der Waals surface area (Å²) in [6.45, 7) is 3.76. The molecule has 1 amide bonds. The Morgan fingerprint density at radius 2 is 1.62 bits per heavy atom. The van der Waals surface area contributed by atoms with Crippen molar-refractivity contribution in [3.05, 3.63) is 77.9 Å².